The Labute approximate surface area is 101 Å². The first-order chi connectivity index (χ1) is 8.29. The molecule has 1 unspecified atom stereocenters. The van der Waals surface area contributed by atoms with Crippen molar-refractivity contribution in [1.82, 2.24) is 10.3 Å². The highest BCUT2D eigenvalue weighted by atomic mass is 19.1. The molecule has 17 heavy (non-hydrogen) atoms. The summed E-state index contributed by atoms with van der Waals surface area (Å²) in [6.45, 7) is 3.24. The molecule has 2 rings (SSSR count). The normalized spacial score (nSPS) is 20.7. The highest BCUT2D eigenvalue weighted by molar-refractivity contribution is 5.17. The first-order valence-electron chi connectivity index (χ1n) is 6.31. The third kappa shape index (κ3) is 3.40. The zero-order valence-electron chi connectivity index (χ0n) is 10.2. The molecule has 0 saturated carbocycles. The van der Waals surface area contributed by atoms with Crippen molar-refractivity contribution >= 4 is 0 Å². The van der Waals surface area contributed by atoms with Crippen LogP contribution in [0.3, 0.4) is 0 Å². The number of unbranched alkanes of at least 4 members (excludes halogenated alkanes) is 1. The lowest BCUT2D eigenvalue weighted by molar-refractivity contribution is 0.107. The molecule has 1 aliphatic rings. The van der Waals surface area contributed by atoms with Crippen LogP contribution in [0.15, 0.2) is 18.3 Å². The molecule has 1 fully saturated rings. The van der Waals surface area contributed by atoms with E-state index in [-0.39, 0.29) is 6.10 Å². The molecule has 1 aromatic heterocycles. The molecule has 2 atom stereocenters. The SMILES string of the molecule is CCCCC(Oc1ccc(F)nc1)[C@@H]1CCN1. The molecule has 0 aliphatic carbocycles. The Morgan fingerprint density at radius 1 is 1.59 bits per heavy atom. The van der Waals surface area contributed by atoms with Crippen LogP contribution in [0.1, 0.15) is 32.6 Å². The van der Waals surface area contributed by atoms with Crippen LogP contribution in [-0.2, 0) is 0 Å². The molecule has 3 nitrogen and oxygen atoms in total. The number of nitrogens with zero attached hydrogens (tertiary/aromatic N) is 1. The molecule has 1 saturated heterocycles. The van der Waals surface area contributed by atoms with Crippen LogP contribution in [0.2, 0.25) is 0 Å². The van der Waals surface area contributed by atoms with Crippen molar-refractivity contribution in [1.29, 1.82) is 0 Å². The monoisotopic (exact) mass is 238 g/mol. The number of ether oxygens (including phenoxy) is 1. The number of nitrogens with one attached hydrogen (secondary N) is 1. The fraction of sp³-hybridized carbons (Fsp3) is 0.615. The van der Waals surface area contributed by atoms with Gasteiger partial charge in [-0.2, -0.15) is 4.39 Å². The molecular formula is C13H19FN2O. The van der Waals surface area contributed by atoms with Gasteiger partial charge < -0.3 is 10.1 Å². The minimum Gasteiger partial charge on any atom is -0.487 e. The number of hydrogen-bond acceptors (Lipinski definition) is 3. The molecule has 1 N–H and O–H groups in total. The van der Waals surface area contributed by atoms with Gasteiger partial charge in [0.05, 0.1) is 6.20 Å². The van der Waals surface area contributed by atoms with Gasteiger partial charge in [0.1, 0.15) is 11.9 Å². The fourth-order valence-corrected chi connectivity index (χ4v) is 1.98. The maximum Gasteiger partial charge on any atom is 0.213 e. The quantitative estimate of drug-likeness (QED) is 0.773. The smallest absolute Gasteiger partial charge is 0.213 e. The molecule has 0 amide bonds. The Morgan fingerprint density at radius 3 is 2.94 bits per heavy atom. The lowest BCUT2D eigenvalue weighted by Crippen LogP contribution is -2.52. The van der Waals surface area contributed by atoms with E-state index in [1.807, 2.05) is 0 Å². The average Bonchev–Trinajstić information content (AvgIpc) is 2.26. The largest absolute Gasteiger partial charge is 0.487 e. The molecule has 94 valence electrons. The van der Waals surface area contributed by atoms with Crippen molar-refractivity contribution in [2.45, 2.75) is 44.8 Å². The molecule has 1 aromatic rings. The maximum atomic E-state index is 12.7. The van der Waals surface area contributed by atoms with Gasteiger partial charge in [0.25, 0.3) is 0 Å². The van der Waals surface area contributed by atoms with Crippen LogP contribution in [0, 0.1) is 5.95 Å². The second-order valence-electron chi connectivity index (χ2n) is 4.46. The van der Waals surface area contributed by atoms with Crippen LogP contribution < -0.4 is 10.1 Å². The van der Waals surface area contributed by atoms with E-state index in [0.29, 0.717) is 11.8 Å². The van der Waals surface area contributed by atoms with Crippen molar-refractivity contribution in [2.24, 2.45) is 0 Å². The lowest BCUT2D eigenvalue weighted by Gasteiger charge is -2.35. The Bertz CT molecular complexity index is 338. The Balaban J connectivity index is 1.93. The van der Waals surface area contributed by atoms with Crippen molar-refractivity contribution in [3.63, 3.8) is 0 Å². The van der Waals surface area contributed by atoms with E-state index in [0.717, 1.165) is 32.2 Å². The van der Waals surface area contributed by atoms with Crippen LogP contribution in [0.25, 0.3) is 0 Å². The van der Waals surface area contributed by atoms with Gasteiger partial charge in [-0.15, -0.1) is 0 Å². The molecule has 0 radical (unpaired) electrons. The molecule has 1 aliphatic heterocycles. The fourth-order valence-electron chi connectivity index (χ4n) is 1.98. The predicted octanol–water partition coefficient (Wildman–Crippen LogP) is 2.52. The summed E-state index contributed by atoms with van der Waals surface area (Å²) in [4.78, 5) is 3.60. The topological polar surface area (TPSA) is 34.1 Å². The van der Waals surface area contributed by atoms with Crippen LogP contribution in [0.4, 0.5) is 4.39 Å². The van der Waals surface area contributed by atoms with Gasteiger partial charge in [0, 0.05) is 6.04 Å². The van der Waals surface area contributed by atoms with E-state index < -0.39 is 5.95 Å². The summed E-state index contributed by atoms with van der Waals surface area (Å²) < 4.78 is 18.6. The number of halogens is 1. The van der Waals surface area contributed by atoms with Gasteiger partial charge in [-0.3, -0.25) is 0 Å². The van der Waals surface area contributed by atoms with Crippen molar-refractivity contribution in [2.75, 3.05) is 6.54 Å². The summed E-state index contributed by atoms with van der Waals surface area (Å²) in [5, 5.41) is 3.37. The minimum absolute atomic E-state index is 0.177. The summed E-state index contributed by atoms with van der Waals surface area (Å²) in [6.07, 6.45) is 6.13. The van der Waals surface area contributed by atoms with E-state index in [2.05, 4.69) is 17.2 Å². The van der Waals surface area contributed by atoms with Crippen LogP contribution in [-0.4, -0.2) is 23.7 Å². The first kappa shape index (κ1) is 12.3. The Morgan fingerprint density at radius 2 is 2.41 bits per heavy atom. The third-order valence-electron chi connectivity index (χ3n) is 3.14. The summed E-state index contributed by atoms with van der Waals surface area (Å²) in [5.41, 5.74) is 0. The Hall–Kier alpha value is -1.16. The number of pyridine rings is 1. The van der Waals surface area contributed by atoms with E-state index in [1.165, 1.54) is 12.3 Å². The zero-order valence-corrected chi connectivity index (χ0v) is 10.2. The molecule has 0 spiro atoms. The van der Waals surface area contributed by atoms with E-state index >= 15 is 0 Å². The lowest BCUT2D eigenvalue weighted by atomic mass is 9.96. The minimum atomic E-state index is -0.468. The molecule has 4 heteroatoms. The van der Waals surface area contributed by atoms with Crippen LogP contribution in [0.5, 0.6) is 5.75 Å². The van der Waals surface area contributed by atoms with Gasteiger partial charge in [-0.05, 0) is 37.9 Å². The molecule has 2 heterocycles. The van der Waals surface area contributed by atoms with Crippen molar-refractivity contribution < 1.29 is 9.13 Å². The second-order valence-corrected chi connectivity index (χ2v) is 4.46. The van der Waals surface area contributed by atoms with E-state index in [9.17, 15) is 4.39 Å². The predicted molar refractivity (Wildman–Crippen MR) is 64.5 cm³/mol. The van der Waals surface area contributed by atoms with Gasteiger partial charge in [-0.1, -0.05) is 13.3 Å². The Kier molecular flexibility index (Phi) is 4.31. The zero-order chi connectivity index (χ0) is 12.1. The number of aromatic nitrogens is 1. The summed E-state index contributed by atoms with van der Waals surface area (Å²) >= 11 is 0. The van der Waals surface area contributed by atoms with Crippen LogP contribution >= 0.6 is 0 Å². The van der Waals surface area contributed by atoms with E-state index in [1.54, 1.807) is 6.07 Å². The summed E-state index contributed by atoms with van der Waals surface area (Å²) in [7, 11) is 0. The van der Waals surface area contributed by atoms with Gasteiger partial charge >= 0.3 is 0 Å². The van der Waals surface area contributed by atoms with Crippen molar-refractivity contribution in [3.05, 3.63) is 24.3 Å². The highest BCUT2D eigenvalue weighted by Crippen LogP contribution is 2.20. The highest BCUT2D eigenvalue weighted by Gasteiger charge is 2.27. The molecule has 0 bridgehead atoms. The van der Waals surface area contributed by atoms with Gasteiger partial charge in [-0.25, -0.2) is 4.98 Å². The third-order valence-corrected chi connectivity index (χ3v) is 3.14. The average molecular weight is 238 g/mol. The van der Waals surface area contributed by atoms with Gasteiger partial charge in [0.15, 0.2) is 0 Å². The van der Waals surface area contributed by atoms with E-state index in [4.69, 9.17) is 4.74 Å². The molecule has 0 aromatic carbocycles. The summed E-state index contributed by atoms with van der Waals surface area (Å²) in [5.74, 6) is 0.186. The number of hydrogen-bond donors (Lipinski definition) is 1. The summed E-state index contributed by atoms with van der Waals surface area (Å²) in [6, 6.07) is 3.41. The van der Waals surface area contributed by atoms with Crippen molar-refractivity contribution in [3.8, 4) is 5.75 Å². The maximum absolute atomic E-state index is 12.7. The molecular weight excluding hydrogens is 219 g/mol. The first-order valence-corrected chi connectivity index (χ1v) is 6.31. The number of rotatable bonds is 6. The second kappa shape index (κ2) is 5.96. The van der Waals surface area contributed by atoms with Gasteiger partial charge in [0.2, 0.25) is 5.95 Å². The standard InChI is InChI=1S/C13H19FN2O/c1-2-3-4-12(11-7-8-15-11)17-10-5-6-13(14)16-9-10/h5-6,9,11-12,15H,2-4,7-8H2,1H3/t11-,12?/m0/s1.